The third-order valence-electron chi connectivity index (χ3n) is 6.41. The van der Waals surface area contributed by atoms with Crippen LogP contribution >= 0.6 is 22.7 Å². The van der Waals surface area contributed by atoms with E-state index in [9.17, 15) is 24.6 Å². The number of ether oxygens (including phenoxy) is 1. The predicted octanol–water partition coefficient (Wildman–Crippen LogP) is 5.99. The van der Waals surface area contributed by atoms with Crippen molar-refractivity contribution < 1.29 is 29.3 Å². The number of rotatable bonds is 5. The lowest BCUT2D eigenvalue weighted by Crippen LogP contribution is -2.28. The topological polar surface area (TPSA) is 117 Å². The van der Waals surface area contributed by atoms with Crippen molar-refractivity contribution in [3.8, 4) is 5.75 Å². The summed E-state index contributed by atoms with van der Waals surface area (Å²) in [4.78, 5) is 44.9. The zero-order chi connectivity index (χ0) is 27.4. The molecule has 1 aliphatic rings. The van der Waals surface area contributed by atoms with E-state index in [2.05, 4.69) is 4.98 Å². The van der Waals surface area contributed by atoms with E-state index in [0.717, 1.165) is 16.9 Å². The number of fused-ring (bicyclic) bond motifs is 1. The average Bonchev–Trinajstić information content (AvgIpc) is 3.60. The van der Waals surface area contributed by atoms with Gasteiger partial charge in [0.05, 0.1) is 34.0 Å². The Kier molecular flexibility index (Phi) is 6.32. The highest BCUT2D eigenvalue weighted by atomic mass is 32.1. The lowest BCUT2D eigenvalue weighted by atomic mass is 9.85. The Balaban J connectivity index is 1.72. The standard InChI is InChI=1S/C28H24N2O6S2/c1-28(2,3)15-8-10-18(36-4)16(13-15)23(31)21-22(19-6-5-11-37-19)30(25(33)24(21)32)27-29-17-9-7-14(26(34)35)12-20(17)38-27/h5-13,22,31H,1-4H3,(H,34,35)/b23-21+. The van der Waals surface area contributed by atoms with Crippen LogP contribution in [0.3, 0.4) is 0 Å². The summed E-state index contributed by atoms with van der Waals surface area (Å²) in [6.45, 7) is 6.10. The Morgan fingerprint density at radius 1 is 1.08 bits per heavy atom. The van der Waals surface area contributed by atoms with Crippen molar-refractivity contribution >= 4 is 61.4 Å². The third-order valence-corrected chi connectivity index (χ3v) is 8.35. The van der Waals surface area contributed by atoms with Crippen molar-refractivity contribution in [1.29, 1.82) is 0 Å². The van der Waals surface area contributed by atoms with Gasteiger partial charge in [-0.3, -0.25) is 14.5 Å². The number of aliphatic hydroxyl groups is 1. The van der Waals surface area contributed by atoms with Crippen LogP contribution in [-0.2, 0) is 15.0 Å². The monoisotopic (exact) mass is 548 g/mol. The molecule has 1 unspecified atom stereocenters. The van der Waals surface area contributed by atoms with Crippen LogP contribution in [0, 0.1) is 0 Å². The Bertz CT molecular complexity index is 1630. The molecule has 2 N–H and O–H groups in total. The number of Topliss-reactive ketones (excluding diaryl/α,β-unsaturated/α-hetero) is 1. The highest BCUT2D eigenvalue weighted by molar-refractivity contribution is 7.22. The number of aromatic carboxylic acids is 1. The van der Waals surface area contributed by atoms with Crippen molar-refractivity contribution in [2.24, 2.45) is 0 Å². The number of carboxylic acids is 1. The number of methoxy groups -OCH3 is 1. The molecule has 5 rings (SSSR count). The highest BCUT2D eigenvalue weighted by Gasteiger charge is 2.49. The van der Waals surface area contributed by atoms with Gasteiger partial charge in [-0.05, 0) is 52.8 Å². The molecular weight excluding hydrogens is 524 g/mol. The molecule has 1 atom stereocenters. The predicted molar refractivity (Wildman–Crippen MR) is 147 cm³/mol. The second-order valence-corrected chi connectivity index (χ2v) is 11.8. The lowest BCUT2D eigenvalue weighted by Gasteiger charge is -2.23. The summed E-state index contributed by atoms with van der Waals surface area (Å²) in [5, 5.41) is 23.0. The smallest absolute Gasteiger partial charge is 0.335 e. The van der Waals surface area contributed by atoms with Gasteiger partial charge < -0.3 is 14.9 Å². The van der Waals surface area contributed by atoms with Gasteiger partial charge in [0, 0.05) is 4.88 Å². The van der Waals surface area contributed by atoms with Crippen LogP contribution < -0.4 is 9.64 Å². The Labute approximate surface area is 226 Å². The summed E-state index contributed by atoms with van der Waals surface area (Å²) in [5.41, 5.74) is 1.53. The molecule has 10 heteroatoms. The molecule has 1 amide bonds. The number of carbonyl (C=O) groups excluding carboxylic acids is 2. The molecule has 2 aromatic heterocycles. The van der Waals surface area contributed by atoms with E-state index in [1.807, 2.05) is 32.2 Å². The minimum Gasteiger partial charge on any atom is -0.507 e. The van der Waals surface area contributed by atoms with Crippen LogP contribution in [0.25, 0.3) is 16.0 Å². The molecule has 0 bridgehead atoms. The Morgan fingerprint density at radius 2 is 1.84 bits per heavy atom. The van der Waals surface area contributed by atoms with E-state index in [0.29, 0.717) is 26.4 Å². The summed E-state index contributed by atoms with van der Waals surface area (Å²) in [5.74, 6) is -2.70. The van der Waals surface area contributed by atoms with Crippen LogP contribution in [0.4, 0.5) is 5.13 Å². The van der Waals surface area contributed by atoms with Crippen molar-refractivity contribution in [3.63, 3.8) is 0 Å². The number of amides is 1. The first-order valence-corrected chi connectivity index (χ1v) is 13.4. The fraction of sp³-hybridized carbons (Fsp3) is 0.214. The largest absolute Gasteiger partial charge is 0.507 e. The molecule has 2 aromatic carbocycles. The zero-order valence-corrected chi connectivity index (χ0v) is 22.6. The Morgan fingerprint density at radius 3 is 2.47 bits per heavy atom. The number of aliphatic hydroxyl groups excluding tert-OH is 1. The van der Waals surface area contributed by atoms with Crippen LogP contribution in [0.1, 0.15) is 53.2 Å². The van der Waals surface area contributed by atoms with Gasteiger partial charge in [0.15, 0.2) is 5.13 Å². The minimum absolute atomic E-state index is 0.0627. The normalized spacial score (nSPS) is 17.4. The van der Waals surface area contributed by atoms with Crippen molar-refractivity contribution in [1.82, 2.24) is 4.98 Å². The molecule has 1 aliphatic heterocycles. The van der Waals surface area contributed by atoms with Crippen molar-refractivity contribution in [2.75, 3.05) is 12.0 Å². The quantitative estimate of drug-likeness (QED) is 0.179. The molecule has 3 heterocycles. The molecule has 0 aliphatic carbocycles. The first-order valence-electron chi connectivity index (χ1n) is 11.7. The third kappa shape index (κ3) is 4.25. The summed E-state index contributed by atoms with van der Waals surface area (Å²) in [6.07, 6.45) is 0. The molecule has 0 saturated carbocycles. The van der Waals surface area contributed by atoms with E-state index in [4.69, 9.17) is 4.74 Å². The number of ketones is 1. The van der Waals surface area contributed by atoms with Gasteiger partial charge in [-0.15, -0.1) is 11.3 Å². The van der Waals surface area contributed by atoms with E-state index >= 15 is 0 Å². The van der Waals surface area contributed by atoms with E-state index in [-0.39, 0.29) is 27.4 Å². The number of benzene rings is 2. The van der Waals surface area contributed by atoms with Gasteiger partial charge >= 0.3 is 11.9 Å². The molecule has 1 fully saturated rings. The van der Waals surface area contributed by atoms with Crippen LogP contribution in [0.2, 0.25) is 0 Å². The maximum absolute atomic E-state index is 13.5. The molecule has 8 nitrogen and oxygen atoms in total. The zero-order valence-electron chi connectivity index (χ0n) is 21.0. The number of thiazole rings is 1. The first kappa shape index (κ1) is 25.6. The van der Waals surface area contributed by atoms with Gasteiger partial charge in [-0.2, -0.15) is 0 Å². The summed E-state index contributed by atoms with van der Waals surface area (Å²) in [7, 11) is 1.48. The van der Waals surface area contributed by atoms with Crippen molar-refractivity contribution in [3.05, 3.63) is 81.1 Å². The number of carbonyl (C=O) groups is 3. The maximum Gasteiger partial charge on any atom is 0.335 e. The van der Waals surface area contributed by atoms with Gasteiger partial charge in [-0.1, -0.05) is 44.2 Å². The van der Waals surface area contributed by atoms with Gasteiger partial charge in [-0.25, -0.2) is 9.78 Å². The number of thiophene rings is 1. The molecule has 0 spiro atoms. The minimum atomic E-state index is -1.08. The summed E-state index contributed by atoms with van der Waals surface area (Å²) >= 11 is 2.46. The van der Waals surface area contributed by atoms with E-state index < -0.39 is 23.7 Å². The fourth-order valence-corrected chi connectivity index (χ4v) is 6.25. The summed E-state index contributed by atoms with van der Waals surface area (Å²) in [6, 6.07) is 12.6. The average molecular weight is 549 g/mol. The highest BCUT2D eigenvalue weighted by Crippen LogP contribution is 2.46. The van der Waals surface area contributed by atoms with Gasteiger partial charge in [0.1, 0.15) is 17.6 Å². The maximum atomic E-state index is 13.5. The summed E-state index contributed by atoms with van der Waals surface area (Å²) < 4.78 is 6.07. The lowest BCUT2D eigenvalue weighted by molar-refractivity contribution is -0.132. The molecule has 38 heavy (non-hydrogen) atoms. The van der Waals surface area contributed by atoms with Gasteiger partial charge in [0.25, 0.3) is 5.78 Å². The van der Waals surface area contributed by atoms with E-state index in [1.54, 1.807) is 30.3 Å². The number of hydrogen-bond acceptors (Lipinski definition) is 8. The Hall–Kier alpha value is -4.02. The second-order valence-electron chi connectivity index (χ2n) is 9.83. The number of carboxylic acid groups (broad SMARTS) is 1. The fourth-order valence-electron chi connectivity index (χ4n) is 4.40. The SMILES string of the molecule is COc1ccc(C(C)(C)C)cc1/C(O)=C1\C(=O)C(=O)N(c2nc3ccc(C(=O)O)cc3s2)C1c1cccs1. The number of nitrogens with zero attached hydrogens (tertiary/aromatic N) is 2. The van der Waals surface area contributed by atoms with Crippen LogP contribution in [-0.4, -0.2) is 40.0 Å². The van der Waals surface area contributed by atoms with Gasteiger partial charge in [0.2, 0.25) is 0 Å². The van der Waals surface area contributed by atoms with E-state index in [1.165, 1.54) is 35.5 Å². The molecule has 0 radical (unpaired) electrons. The number of anilines is 1. The first-order chi connectivity index (χ1) is 18.0. The second kappa shape index (κ2) is 9.38. The number of hydrogen-bond donors (Lipinski definition) is 2. The van der Waals surface area contributed by atoms with Crippen LogP contribution in [0.15, 0.2) is 59.5 Å². The molecule has 4 aromatic rings. The molecule has 1 saturated heterocycles. The molecule has 194 valence electrons. The number of aromatic nitrogens is 1. The van der Waals surface area contributed by atoms with Crippen LogP contribution in [0.5, 0.6) is 5.75 Å². The molecular formula is C28H24N2O6S2. The van der Waals surface area contributed by atoms with Crippen molar-refractivity contribution in [2.45, 2.75) is 32.2 Å².